The predicted molar refractivity (Wildman–Crippen MR) is 110 cm³/mol. The standard InChI is InChI=1S/C23H32N2O3/c1-15(2)22(13-25-10-8-16(3)9-11-25)24-23(28)20-6-4-17-12-18(27)5-7-19(17)21(20)14-26/h5-7,12,14-16,21-22,27H,4,8-11,13H2,1-3H3,(H,24,28)/t21?,22-/m1/s1. The van der Waals surface area contributed by atoms with Crippen molar-refractivity contribution in [3.8, 4) is 5.75 Å². The van der Waals surface area contributed by atoms with Crippen LogP contribution >= 0.6 is 0 Å². The normalized spacial score (nSPS) is 21.7. The van der Waals surface area contributed by atoms with E-state index in [4.69, 9.17) is 0 Å². The van der Waals surface area contributed by atoms with Crippen LogP contribution in [0.3, 0.4) is 0 Å². The Hall–Kier alpha value is -2.14. The summed E-state index contributed by atoms with van der Waals surface area (Å²) >= 11 is 0. The highest BCUT2D eigenvalue weighted by Crippen LogP contribution is 2.33. The molecular formula is C23H32N2O3. The Balaban J connectivity index is 1.70. The number of hydrogen-bond acceptors (Lipinski definition) is 4. The van der Waals surface area contributed by atoms with Gasteiger partial charge in [-0.2, -0.15) is 0 Å². The molecule has 1 aliphatic carbocycles. The van der Waals surface area contributed by atoms with Gasteiger partial charge in [0.25, 0.3) is 0 Å². The first kappa shape index (κ1) is 20.6. The number of amides is 1. The number of carbonyl (C=O) groups excluding carboxylic acids is 2. The van der Waals surface area contributed by atoms with Gasteiger partial charge in [-0.15, -0.1) is 0 Å². The first-order chi connectivity index (χ1) is 13.4. The second kappa shape index (κ2) is 8.91. The molecular weight excluding hydrogens is 352 g/mol. The van der Waals surface area contributed by atoms with Crippen LogP contribution in [0.25, 0.3) is 0 Å². The number of fused-ring (bicyclic) bond motifs is 1. The Morgan fingerprint density at radius 3 is 2.68 bits per heavy atom. The zero-order chi connectivity index (χ0) is 20.3. The first-order valence-corrected chi connectivity index (χ1v) is 10.4. The molecule has 1 fully saturated rings. The third-order valence-corrected chi connectivity index (χ3v) is 6.19. The average Bonchev–Trinajstić information content (AvgIpc) is 2.67. The van der Waals surface area contributed by atoms with Gasteiger partial charge in [0.05, 0.1) is 5.92 Å². The van der Waals surface area contributed by atoms with Gasteiger partial charge in [0.15, 0.2) is 0 Å². The Morgan fingerprint density at radius 1 is 1.32 bits per heavy atom. The minimum atomic E-state index is -0.576. The van der Waals surface area contributed by atoms with Crippen LogP contribution in [0.1, 0.15) is 50.7 Å². The minimum Gasteiger partial charge on any atom is -0.508 e. The van der Waals surface area contributed by atoms with Gasteiger partial charge >= 0.3 is 0 Å². The lowest BCUT2D eigenvalue weighted by Gasteiger charge is -2.35. The van der Waals surface area contributed by atoms with Crippen molar-refractivity contribution in [3.63, 3.8) is 0 Å². The van der Waals surface area contributed by atoms with Crippen LogP contribution in [-0.4, -0.2) is 47.9 Å². The van der Waals surface area contributed by atoms with E-state index in [1.807, 2.05) is 6.08 Å². The van der Waals surface area contributed by atoms with Crippen molar-refractivity contribution in [1.29, 1.82) is 0 Å². The maximum absolute atomic E-state index is 13.0. The lowest BCUT2D eigenvalue weighted by molar-refractivity contribution is -0.120. The van der Waals surface area contributed by atoms with Crippen LogP contribution in [0.5, 0.6) is 5.75 Å². The molecule has 0 spiro atoms. The topological polar surface area (TPSA) is 69.6 Å². The maximum atomic E-state index is 13.0. The van der Waals surface area contributed by atoms with Crippen molar-refractivity contribution in [2.45, 2.75) is 52.0 Å². The molecule has 1 aliphatic heterocycles. The number of nitrogens with zero attached hydrogens (tertiary/aromatic N) is 1. The van der Waals surface area contributed by atoms with Gasteiger partial charge in [-0.3, -0.25) is 4.79 Å². The molecule has 2 aliphatic rings. The van der Waals surface area contributed by atoms with Crippen LogP contribution in [-0.2, 0) is 16.0 Å². The zero-order valence-corrected chi connectivity index (χ0v) is 17.1. The van der Waals surface area contributed by atoms with Crippen molar-refractivity contribution in [2.75, 3.05) is 19.6 Å². The molecule has 0 aromatic heterocycles. The number of phenols is 1. The summed E-state index contributed by atoms with van der Waals surface area (Å²) in [5.74, 6) is 0.545. The molecule has 1 aromatic rings. The Kier molecular flexibility index (Phi) is 6.55. The molecule has 2 atom stereocenters. The third kappa shape index (κ3) is 4.64. The van der Waals surface area contributed by atoms with E-state index < -0.39 is 5.92 Å². The van der Waals surface area contributed by atoms with Gasteiger partial charge in [0, 0.05) is 18.2 Å². The number of phenolic OH excluding ortho intramolecular Hbond substituents is 1. The molecule has 5 nitrogen and oxygen atoms in total. The molecule has 2 N–H and O–H groups in total. The van der Waals surface area contributed by atoms with E-state index in [1.54, 1.807) is 18.2 Å². The summed E-state index contributed by atoms with van der Waals surface area (Å²) in [6, 6.07) is 5.05. The fourth-order valence-corrected chi connectivity index (χ4v) is 4.16. The summed E-state index contributed by atoms with van der Waals surface area (Å²) < 4.78 is 0. The molecule has 1 aromatic carbocycles. The smallest absolute Gasteiger partial charge is 0.248 e. The second-order valence-electron chi connectivity index (χ2n) is 8.67. The third-order valence-electron chi connectivity index (χ3n) is 6.19. The van der Waals surface area contributed by atoms with E-state index in [2.05, 4.69) is 31.0 Å². The van der Waals surface area contributed by atoms with E-state index in [9.17, 15) is 14.7 Å². The number of aldehydes is 1. The second-order valence-corrected chi connectivity index (χ2v) is 8.67. The van der Waals surface area contributed by atoms with E-state index in [1.165, 1.54) is 12.8 Å². The lowest BCUT2D eigenvalue weighted by atomic mass is 9.82. The fourth-order valence-electron chi connectivity index (χ4n) is 4.16. The summed E-state index contributed by atoms with van der Waals surface area (Å²) in [6.45, 7) is 9.56. The molecule has 1 heterocycles. The van der Waals surface area contributed by atoms with Crippen LogP contribution in [0.15, 0.2) is 29.8 Å². The highest BCUT2D eigenvalue weighted by atomic mass is 16.3. The number of benzene rings is 1. The van der Waals surface area contributed by atoms with Crippen molar-refractivity contribution >= 4 is 12.2 Å². The van der Waals surface area contributed by atoms with E-state index in [-0.39, 0.29) is 17.7 Å². The number of aromatic hydroxyl groups is 1. The lowest BCUT2D eigenvalue weighted by Crippen LogP contribution is -2.49. The zero-order valence-electron chi connectivity index (χ0n) is 17.1. The van der Waals surface area contributed by atoms with Crippen LogP contribution in [0.2, 0.25) is 0 Å². The quantitative estimate of drug-likeness (QED) is 0.740. The Morgan fingerprint density at radius 2 is 2.04 bits per heavy atom. The molecule has 3 rings (SSSR count). The number of allylic oxidation sites excluding steroid dienone is 1. The summed E-state index contributed by atoms with van der Waals surface area (Å²) in [5.41, 5.74) is 2.23. The highest BCUT2D eigenvalue weighted by Gasteiger charge is 2.30. The van der Waals surface area contributed by atoms with Crippen molar-refractivity contribution < 1.29 is 14.7 Å². The van der Waals surface area contributed by atoms with Crippen molar-refractivity contribution in [3.05, 3.63) is 41.0 Å². The molecule has 1 saturated heterocycles. The highest BCUT2D eigenvalue weighted by molar-refractivity contribution is 6.00. The number of piperidine rings is 1. The molecule has 1 amide bonds. The van der Waals surface area contributed by atoms with Crippen LogP contribution < -0.4 is 5.32 Å². The molecule has 0 bridgehead atoms. The average molecular weight is 385 g/mol. The minimum absolute atomic E-state index is 0.0512. The number of rotatable bonds is 6. The van der Waals surface area contributed by atoms with Gasteiger partial charge < -0.3 is 20.1 Å². The van der Waals surface area contributed by atoms with Gasteiger partial charge in [0.2, 0.25) is 5.91 Å². The van der Waals surface area contributed by atoms with Gasteiger partial charge in [-0.1, -0.05) is 32.9 Å². The summed E-state index contributed by atoms with van der Waals surface area (Å²) in [5, 5.41) is 12.9. The number of hydrogen-bond donors (Lipinski definition) is 2. The van der Waals surface area contributed by atoms with E-state index >= 15 is 0 Å². The molecule has 1 unspecified atom stereocenters. The van der Waals surface area contributed by atoms with Gasteiger partial charge in [0.1, 0.15) is 12.0 Å². The SMILES string of the molecule is CC1CCN(C[C@@H](NC(=O)C2=CCc3cc(O)ccc3C2C=O)C(C)C)CC1. The predicted octanol–water partition coefficient (Wildman–Crippen LogP) is 3.03. The summed E-state index contributed by atoms with van der Waals surface area (Å²) in [6.07, 6.45) is 5.63. The van der Waals surface area contributed by atoms with Gasteiger partial charge in [-0.25, -0.2) is 0 Å². The molecule has 0 saturated carbocycles. The Labute approximate surface area is 167 Å². The molecule has 5 heteroatoms. The first-order valence-electron chi connectivity index (χ1n) is 10.4. The number of carbonyl (C=O) groups is 2. The fraction of sp³-hybridized carbons (Fsp3) is 0.565. The van der Waals surface area contributed by atoms with Crippen molar-refractivity contribution in [1.82, 2.24) is 10.2 Å². The maximum Gasteiger partial charge on any atom is 0.248 e. The molecule has 0 radical (unpaired) electrons. The largest absolute Gasteiger partial charge is 0.508 e. The van der Waals surface area contributed by atoms with Crippen molar-refractivity contribution in [2.24, 2.45) is 11.8 Å². The number of nitrogens with one attached hydrogen (secondary N) is 1. The van der Waals surface area contributed by atoms with Crippen LogP contribution in [0.4, 0.5) is 0 Å². The monoisotopic (exact) mass is 384 g/mol. The van der Waals surface area contributed by atoms with Crippen LogP contribution in [0, 0.1) is 11.8 Å². The summed E-state index contributed by atoms with van der Waals surface area (Å²) in [7, 11) is 0. The molecule has 152 valence electrons. The molecule has 28 heavy (non-hydrogen) atoms. The van der Waals surface area contributed by atoms with E-state index in [0.29, 0.717) is 17.9 Å². The number of likely N-dealkylation sites (tertiary alicyclic amines) is 1. The Bertz CT molecular complexity index is 748. The van der Waals surface area contributed by atoms with Gasteiger partial charge in [-0.05, 0) is 67.4 Å². The van der Waals surface area contributed by atoms with E-state index in [0.717, 1.165) is 43.0 Å². The summed E-state index contributed by atoms with van der Waals surface area (Å²) in [4.78, 5) is 27.3.